The van der Waals surface area contributed by atoms with Gasteiger partial charge in [-0.25, -0.2) is 0 Å². The molecule has 130 valence electrons. The summed E-state index contributed by atoms with van der Waals surface area (Å²) in [5.41, 5.74) is 1.43. The second-order valence-electron chi connectivity index (χ2n) is 10.1. The minimum Gasteiger partial charge on any atom is -0.143 e. The summed E-state index contributed by atoms with van der Waals surface area (Å²) >= 11 is 4.65. The van der Waals surface area contributed by atoms with E-state index in [0.29, 0.717) is 9.49 Å². The smallest absolute Gasteiger partial charge is 0.0614 e. The second-order valence-corrected chi connectivity index (χ2v) is 13.3. The molecular weight excluding hydrogens is 316 g/mol. The molecule has 5 fully saturated rings. The summed E-state index contributed by atoms with van der Waals surface area (Å²) in [5.74, 6) is 7.13. The van der Waals surface area contributed by atoms with Gasteiger partial charge in [-0.15, -0.1) is 23.5 Å². The van der Waals surface area contributed by atoms with E-state index in [1.54, 1.807) is 44.9 Å². The number of hydrogen-bond donors (Lipinski definition) is 0. The average molecular weight is 351 g/mol. The van der Waals surface area contributed by atoms with Crippen LogP contribution in [0.3, 0.4) is 0 Å². The van der Waals surface area contributed by atoms with E-state index in [1.807, 2.05) is 0 Å². The molecule has 1 saturated heterocycles. The van der Waals surface area contributed by atoms with Gasteiger partial charge in [0, 0.05) is 11.5 Å². The Labute approximate surface area is 151 Å². The molecule has 2 heteroatoms. The molecule has 1 spiro atoms. The third kappa shape index (κ3) is 2.25. The van der Waals surface area contributed by atoms with Crippen molar-refractivity contribution in [2.75, 3.05) is 11.5 Å². The molecule has 0 amide bonds. The summed E-state index contributed by atoms with van der Waals surface area (Å²) in [4.78, 5) is 0. The van der Waals surface area contributed by atoms with E-state index < -0.39 is 0 Å². The first kappa shape index (κ1) is 15.9. The molecule has 1 heterocycles. The van der Waals surface area contributed by atoms with E-state index in [4.69, 9.17) is 0 Å². The first-order chi connectivity index (χ1) is 11.0. The van der Waals surface area contributed by atoms with Crippen molar-refractivity contribution in [3.8, 4) is 0 Å². The Kier molecular flexibility index (Phi) is 3.70. The van der Waals surface area contributed by atoms with Gasteiger partial charge in [0.25, 0.3) is 0 Å². The first-order valence-electron chi connectivity index (χ1n) is 10.3. The van der Waals surface area contributed by atoms with Crippen molar-refractivity contribution in [1.29, 1.82) is 0 Å². The van der Waals surface area contributed by atoms with Gasteiger partial charge in [0.1, 0.15) is 0 Å². The zero-order valence-corrected chi connectivity index (χ0v) is 16.7. The molecule has 0 bridgehead atoms. The summed E-state index contributed by atoms with van der Waals surface area (Å²) in [6, 6.07) is 0. The van der Waals surface area contributed by atoms with E-state index in [0.717, 1.165) is 29.1 Å². The van der Waals surface area contributed by atoms with Crippen molar-refractivity contribution < 1.29 is 0 Å². The van der Waals surface area contributed by atoms with Gasteiger partial charge in [-0.3, -0.25) is 0 Å². The number of rotatable bonds is 0. The lowest BCUT2D eigenvalue weighted by Crippen LogP contribution is -2.54. The molecule has 0 nitrogen and oxygen atoms in total. The Balaban J connectivity index is 1.41. The Morgan fingerprint density at radius 3 is 2.43 bits per heavy atom. The van der Waals surface area contributed by atoms with Crippen molar-refractivity contribution in [3.05, 3.63) is 0 Å². The molecular formula is C21H34S2. The maximum Gasteiger partial charge on any atom is 0.0614 e. The third-order valence-electron chi connectivity index (χ3n) is 9.26. The zero-order chi connectivity index (χ0) is 15.7. The molecule has 4 saturated carbocycles. The van der Waals surface area contributed by atoms with Gasteiger partial charge in [-0.2, -0.15) is 0 Å². The fourth-order valence-corrected chi connectivity index (χ4v) is 11.3. The molecule has 5 rings (SSSR count). The quantitative estimate of drug-likeness (QED) is 0.483. The van der Waals surface area contributed by atoms with E-state index in [2.05, 4.69) is 37.4 Å². The van der Waals surface area contributed by atoms with Crippen molar-refractivity contribution in [2.45, 2.75) is 82.1 Å². The summed E-state index contributed by atoms with van der Waals surface area (Å²) in [7, 11) is 0. The normalized spacial score (nSPS) is 54.5. The van der Waals surface area contributed by atoms with Crippen LogP contribution in [0, 0.1) is 34.5 Å². The molecule has 5 aliphatic rings. The SMILES string of the molecule is CC12CCCC1C1CCC3CC4(CCC3(C)C1CC2)SCCS4. The monoisotopic (exact) mass is 350 g/mol. The average Bonchev–Trinajstić information content (AvgIpc) is 3.15. The van der Waals surface area contributed by atoms with Crippen LogP contribution in [0.25, 0.3) is 0 Å². The van der Waals surface area contributed by atoms with E-state index >= 15 is 0 Å². The highest BCUT2D eigenvalue weighted by molar-refractivity contribution is 8.21. The topological polar surface area (TPSA) is 0 Å². The van der Waals surface area contributed by atoms with Crippen molar-refractivity contribution in [3.63, 3.8) is 0 Å². The van der Waals surface area contributed by atoms with E-state index in [9.17, 15) is 0 Å². The van der Waals surface area contributed by atoms with Gasteiger partial charge < -0.3 is 0 Å². The largest absolute Gasteiger partial charge is 0.143 e. The predicted octanol–water partition coefficient (Wildman–Crippen LogP) is 6.60. The summed E-state index contributed by atoms with van der Waals surface area (Å²) < 4.78 is 0.646. The van der Waals surface area contributed by atoms with Crippen molar-refractivity contribution in [1.82, 2.24) is 0 Å². The Morgan fingerprint density at radius 1 is 0.783 bits per heavy atom. The van der Waals surface area contributed by atoms with Crippen molar-refractivity contribution in [2.24, 2.45) is 34.5 Å². The standard InChI is InChI=1S/C21H34S2/c1-19-8-3-4-17(19)16-6-5-15-14-21(22-12-13-23-21)11-10-20(15,2)18(16)7-9-19/h15-18H,3-14H2,1-2H3. The maximum atomic E-state index is 2.74. The summed E-state index contributed by atoms with van der Waals surface area (Å²) in [6.45, 7) is 5.39. The van der Waals surface area contributed by atoms with Crippen molar-refractivity contribution >= 4 is 23.5 Å². The highest BCUT2D eigenvalue weighted by atomic mass is 32.2. The van der Waals surface area contributed by atoms with Gasteiger partial charge in [0.15, 0.2) is 0 Å². The van der Waals surface area contributed by atoms with Gasteiger partial charge in [0.05, 0.1) is 4.08 Å². The molecule has 4 aliphatic carbocycles. The lowest BCUT2D eigenvalue weighted by atomic mass is 9.45. The van der Waals surface area contributed by atoms with Gasteiger partial charge in [-0.05, 0) is 92.3 Å². The molecule has 0 aromatic heterocycles. The molecule has 6 atom stereocenters. The fourth-order valence-electron chi connectivity index (χ4n) is 7.95. The zero-order valence-electron chi connectivity index (χ0n) is 15.1. The molecule has 1 aliphatic heterocycles. The van der Waals surface area contributed by atoms with Gasteiger partial charge in [-0.1, -0.05) is 20.3 Å². The third-order valence-corrected chi connectivity index (χ3v) is 12.8. The highest BCUT2D eigenvalue weighted by Crippen LogP contribution is 2.69. The first-order valence-corrected chi connectivity index (χ1v) is 12.3. The maximum absolute atomic E-state index is 2.74. The summed E-state index contributed by atoms with van der Waals surface area (Å²) in [5, 5.41) is 0. The molecule has 6 unspecified atom stereocenters. The fraction of sp³-hybridized carbons (Fsp3) is 1.00. The van der Waals surface area contributed by atoms with Crippen LogP contribution in [0.2, 0.25) is 0 Å². The second kappa shape index (κ2) is 5.35. The molecule has 23 heavy (non-hydrogen) atoms. The minimum atomic E-state index is 0.646. The van der Waals surface area contributed by atoms with Crippen LogP contribution in [0.5, 0.6) is 0 Å². The van der Waals surface area contributed by atoms with Crippen LogP contribution in [0.4, 0.5) is 0 Å². The number of fused-ring (bicyclic) bond motifs is 5. The van der Waals surface area contributed by atoms with Crippen LogP contribution in [-0.4, -0.2) is 15.6 Å². The lowest BCUT2D eigenvalue weighted by molar-refractivity contribution is -0.103. The number of thioether (sulfide) groups is 2. The van der Waals surface area contributed by atoms with Crippen LogP contribution >= 0.6 is 23.5 Å². The number of hydrogen-bond acceptors (Lipinski definition) is 2. The van der Waals surface area contributed by atoms with Crippen LogP contribution in [-0.2, 0) is 0 Å². The highest BCUT2D eigenvalue weighted by Gasteiger charge is 2.59. The van der Waals surface area contributed by atoms with Crippen LogP contribution in [0.1, 0.15) is 78.1 Å². The minimum absolute atomic E-state index is 0.646. The van der Waals surface area contributed by atoms with E-state index in [-0.39, 0.29) is 0 Å². The van der Waals surface area contributed by atoms with Gasteiger partial charge >= 0.3 is 0 Å². The molecule has 0 radical (unpaired) electrons. The molecule has 0 N–H and O–H groups in total. The molecule has 0 aromatic rings. The lowest BCUT2D eigenvalue weighted by Gasteiger charge is -2.61. The van der Waals surface area contributed by atoms with Gasteiger partial charge in [0.2, 0.25) is 0 Å². The Morgan fingerprint density at radius 2 is 1.61 bits per heavy atom. The predicted molar refractivity (Wildman–Crippen MR) is 104 cm³/mol. The summed E-state index contributed by atoms with van der Waals surface area (Å²) in [6.07, 6.45) is 15.5. The Bertz CT molecular complexity index is 482. The van der Waals surface area contributed by atoms with E-state index in [1.165, 1.54) is 30.8 Å². The molecule has 0 aromatic carbocycles. The Hall–Kier alpha value is 0.700. The van der Waals surface area contributed by atoms with Crippen LogP contribution < -0.4 is 0 Å². The van der Waals surface area contributed by atoms with Crippen LogP contribution in [0.15, 0.2) is 0 Å².